The van der Waals surface area contributed by atoms with Gasteiger partial charge in [-0.25, -0.2) is 9.67 Å². The summed E-state index contributed by atoms with van der Waals surface area (Å²) in [6.45, 7) is 5.52. The van der Waals surface area contributed by atoms with Crippen LogP contribution in [0.1, 0.15) is 19.5 Å². The smallest absolute Gasteiger partial charge is 0.325 e. The number of esters is 2. The first-order chi connectivity index (χ1) is 12.1. The average Bonchev–Trinajstić information content (AvgIpc) is 2.97. The number of aryl methyl sites for hydroxylation is 1. The largest absolute Gasteiger partial charge is 0.465 e. The number of para-hydroxylation sites is 1. The van der Waals surface area contributed by atoms with Crippen molar-refractivity contribution in [2.45, 2.75) is 20.8 Å². The normalized spacial score (nSPS) is 11.0. The number of carbonyl (C=O) groups is 2. The van der Waals surface area contributed by atoms with Crippen LogP contribution in [0.15, 0.2) is 41.4 Å². The minimum Gasteiger partial charge on any atom is -0.465 e. The summed E-state index contributed by atoms with van der Waals surface area (Å²) >= 11 is 0. The quantitative estimate of drug-likeness (QED) is 0.438. The molecule has 7 nitrogen and oxygen atoms in total. The Morgan fingerprint density at radius 1 is 1.16 bits per heavy atom. The Balaban J connectivity index is 2.32. The van der Waals surface area contributed by atoms with Crippen LogP contribution in [0.3, 0.4) is 0 Å². The Hall–Kier alpha value is -2.96. The zero-order valence-corrected chi connectivity index (χ0v) is 14.5. The number of hydrogen-bond acceptors (Lipinski definition) is 6. The van der Waals surface area contributed by atoms with E-state index in [2.05, 4.69) is 10.1 Å². The molecule has 0 N–H and O–H groups in total. The second kappa shape index (κ2) is 8.77. The van der Waals surface area contributed by atoms with Crippen molar-refractivity contribution in [2.24, 2.45) is 10.9 Å². The third kappa shape index (κ3) is 4.76. The summed E-state index contributed by atoms with van der Waals surface area (Å²) in [5.74, 6) is -2.08. The first-order valence-corrected chi connectivity index (χ1v) is 8.06. The van der Waals surface area contributed by atoms with E-state index in [4.69, 9.17) is 9.47 Å². The van der Waals surface area contributed by atoms with Crippen molar-refractivity contribution in [2.75, 3.05) is 13.2 Å². The van der Waals surface area contributed by atoms with Crippen LogP contribution in [0, 0.1) is 12.8 Å². The van der Waals surface area contributed by atoms with Crippen LogP contribution >= 0.6 is 0 Å². The molecular weight excluding hydrogens is 322 g/mol. The van der Waals surface area contributed by atoms with E-state index >= 15 is 0 Å². The van der Waals surface area contributed by atoms with E-state index in [1.165, 1.54) is 6.21 Å². The molecule has 0 spiro atoms. The molecule has 0 aliphatic carbocycles. The Labute approximate surface area is 146 Å². The zero-order valence-electron chi connectivity index (χ0n) is 14.5. The minimum atomic E-state index is -1.21. The molecule has 0 unspecified atom stereocenters. The van der Waals surface area contributed by atoms with Gasteiger partial charge in [-0.1, -0.05) is 18.2 Å². The molecule has 1 aromatic heterocycles. The number of rotatable bonds is 7. The van der Waals surface area contributed by atoms with Gasteiger partial charge >= 0.3 is 11.9 Å². The van der Waals surface area contributed by atoms with Crippen molar-refractivity contribution in [1.29, 1.82) is 0 Å². The summed E-state index contributed by atoms with van der Waals surface area (Å²) in [5.41, 5.74) is 1.59. The van der Waals surface area contributed by atoms with Crippen molar-refractivity contribution in [3.63, 3.8) is 0 Å². The van der Waals surface area contributed by atoms with E-state index in [0.717, 1.165) is 11.4 Å². The Morgan fingerprint density at radius 3 is 2.32 bits per heavy atom. The summed E-state index contributed by atoms with van der Waals surface area (Å²) in [6.07, 6.45) is 1.24. The van der Waals surface area contributed by atoms with Crippen molar-refractivity contribution in [1.82, 2.24) is 9.78 Å². The highest BCUT2D eigenvalue weighted by Crippen LogP contribution is 2.20. The maximum absolute atomic E-state index is 12.0. The molecule has 1 heterocycles. The number of hydrogen-bond donors (Lipinski definition) is 0. The standard InChI is InChI=1S/C18H21N3O4/c1-4-24-17(22)15(18(23)25-5-2)12-19-16-11-13(3)20-21(16)14-9-7-6-8-10-14/h6-12,15H,4-5H2,1-3H3. The van der Waals surface area contributed by atoms with Crippen molar-refractivity contribution in [3.05, 3.63) is 42.1 Å². The van der Waals surface area contributed by atoms with Crippen LogP contribution in [-0.4, -0.2) is 41.1 Å². The summed E-state index contributed by atoms with van der Waals surface area (Å²) in [7, 11) is 0. The van der Waals surface area contributed by atoms with Crippen LogP contribution in [0.4, 0.5) is 5.82 Å². The highest BCUT2D eigenvalue weighted by molar-refractivity contribution is 6.09. The first-order valence-electron chi connectivity index (χ1n) is 8.06. The summed E-state index contributed by atoms with van der Waals surface area (Å²) in [4.78, 5) is 28.3. The average molecular weight is 343 g/mol. The van der Waals surface area contributed by atoms with Gasteiger partial charge in [0.05, 0.1) is 24.6 Å². The molecule has 0 radical (unpaired) electrons. The zero-order chi connectivity index (χ0) is 18.2. The number of aliphatic imine (C=N–C) groups is 1. The fourth-order valence-electron chi connectivity index (χ4n) is 2.17. The number of benzene rings is 1. The molecule has 0 aliphatic rings. The highest BCUT2D eigenvalue weighted by Gasteiger charge is 2.28. The predicted octanol–water partition coefficient (Wildman–Crippen LogP) is 2.63. The van der Waals surface area contributed by atoms with Gasteiger partial charge in [-0.05, 0) is 32.9 Å². The second-order valence-corrected chi connectivity index (χ2v) is 5.15. The number of carbonyl (C=O) groups excluding carboxylic acids is 2. The van der Waals surface area contributed by atoms with Gasteiger partial charge in [0.25, 0.3) is 0 Å². The van der Waals surface area contributed by atoms with Gasteiger partial charge < -0.3 is 9.47 Å². The van der Waals surface area contributed by atoms with E-state index in [-0.39, 0.29) is 13.2 Å². The second-order valence-electron chi connectivity index (χ2n) is 5.15. The maximum Gasteiger partial charge on any atom is 0.325 e. The molecule has 0 aliphatic heterocycles. The third-order valence-electron chi connectivity index (χ3n) is 3.25. The topological polar surface area (TPSA) is 82.8 Å². The van der Waals surface area contributed by atoms with Gasteiger partial charge in [0.2, 0.25) is 0 Å². The van der Waals surface area contributed by atoms with Gasteiger partial charge in [0.1, 0.15) is 0 Å². The molecule has 2 aromatic rings. The lowest BCUT2D eigenvalue weighted by atomic mass is 10.2. The lowest BCUT2D eigenvalue weighted by Crippen LogP contribution is -2.29. The minimum absolute atomic E-state index is 0.170. The molecule has 1 aromatic carbocycles. The molecule has 0 saturated heterocycles. The molecule has 25 heavy (non-hydrogen) atoms. The summed E-state index contributed by atoms with van der Waals surface area (Å²) in [5, 5.41) is 4.39. The Bertz CT molecular complexity index is 735. The number of ether oxygens (including phenoxy) is 2. The molecule has 0 fully saturated rings. The molecule has 0 saturated carbocycles. The molecule has 0 bridgehead atoms. The van der Waals surface area contributed by atoms with Crippen LogP contribution in [-0.2, 0) is 19.1 Å². The van der Waals surface area contributed by atoms with Gasteiger partial charge in [0.15, 0.2) is 11.7 Å². The lowest BCUT2D eigenvalue weighted by molar-refractivity contribution is -0.157. The SMILES string of the molecule is CCOC(=O)C(C=Nc1cc(C)nn1-c1ccccc1)C(=O)OCC. The van der Waals surface area contributed by atoms with Gasteiger partial charge in [0, 0.05) is 12.3 Å². The first kappa shape index (κ1) is 18.4. The van der Waals surface area contributed by atoms with Gasteiger partial charge in [-0.15, -0.1) is 0 Å². The molecule has 0 atom stereocenters. The molecular formula is C18H21N3O4. The number of aromatic nitrogens is 2. The van der Waals surface area contributed by atoms with E-state index in [0.29, 0.717) is 5.82 Å². The lowest BCUT2D eigenvalue weighted by Gasteiger charge is -2.10. The number of nitrogens with zero attached hydrogens (tertiary/aromatic N) is 3. The van der Waals surface area contributed by atoms with Crippen LogP contribution in [0.25, 0.3) is 5.69 Å². The summed E-state index contributed by atoms with van der Waals surface area (Å²) < 4.78 is 11.5. The molecule has 7 heteroatoms. The van der Waals surface area contributed by atoms with E-state index < -0.39 is 17.9 Å². The van der Waals surface area contributed by atoms with E-state index in [9.17, 15) is 9.59 Å². The van der Waals surface area contributed by atoms with Gasteiger partial charge in [-0.2, -0.15) is 5.10 Å². The maximum atomic E-state index is 12.0. The molecule has 2 rings (SSSR count). The molecule has 132 valence electrons. The fourth-order valence-corrected chi connectivity index (χ4v) is 2.17. The fraction of sp³-hybridized carbons (Fsp3) is 0.333. The van der Waals surface area contributed by atoms with Crippen molar-refractivity contribution >= 4 is 24.0 Å². The Kier molecular flexibility index (Phi) is 6.45. The van der Waals surface area contributed by atoms with Crippen LogP contribution in [0.5, 0.6) is 0 Å². The van der Waals surface area contributed by atoms with Crippen molar-refractivity contribution < 1.29 is 19.1 Å². The van der Waals surface area contributed by atoms with E-state index in [1.54, 1.807) is 24.6 Å². The summed E-state index contributed by atoms with van der Waals surface area (Å²) in [6, 6.07) is 11.2. The third-order valence-corrected chi connectivity index (χ3v) is 3.25. The van der Waals surface area contributed by atoms with E-state index in [1.807, 2.05) is 37.3 Å². The van der Waals surface area contributed by atoms with Gasteiger partial charge in [-0.3, -0.25) is 9.59 Å². The van der Waals surface area contributed by atoms with Crippen molar-refractivity contribution in [3.8, 4) is 5.69 Å². The predicted molar refractivity (Wildman–Crippen MR) is 93.2 cm³/mol. The van der Waals surface area contributed by atoms with Crippen LogP contribution in [0.2, 0.25) is 0 Å². The van der Waals surface area contributed by atoms with Crippen LogP contribution < -0.4 is 0 Å². The monoisotopic (exact) mass is 343 g/mol. The highest BCUT2D eigenvalue weighted by atomic mass is 16.6. The Morgan fingerprint density at radius 2 is 1.76 bits per heavy atom. The molecule has 0 amide bonds.